The fraction of sp³-hybridized carbons (Fsp3) is 0. The molecular weight excluding hydrogens is 896 g/mol. The summed E-state index contributed by atoms with van der Waals surface area (Å²) in [7, 11) is 0. The van der Waals surface area contributed by atoms with Crippen LogP contribution in [0.2, 0.25) is 0 Å². The minimum Gasteiger partial charge on any atom is -0.258 e. The largest absolute Gasteiger partial charge is 0.319 e. The SMILES string of the molecule is O=[N+]([O-])c1cc([N+](=O)[O-])c(N=Nc2c([N+](=O)[O-])cc([N+](=O)[O-])c(-c3c([N+](=O)[O-])cc([N+](=O)[O-])c(N=Nc4c([N+](=O)[O-])cc([N+](=O)[O-])cc4[N+](=O)[O-])c3[N+](=O)[O-])c2[N+](=O)[O-])c([N+](=O)[O-])c1. The van der Waals surface area contributed by atoms with E-state index in [1.165, 1.54) is 0 Å². The molecule has 0 saturated heterocycles. The van der Waals surface area contributed by atoms with Crippen LogP contribution in [0, 0.1) is 121 Å². The van der Waals surface area contributed by atoms with Gasteiger partial charge in [0.2, 0.25) is 22.7 Å². The lowest BCUT2D eigenvalue weighted by molar-refractivity contribution is -0.404. The fourth-order valence-electron chi connectivity index (χ4n) is 5.23. The number of azo groups is 2. The Bertz CT molecular complexity index is 2730. The lowest BCUT2D eigenvalue weighted by Crippen LogP contribution is -2.06. The van der Waals surface area contributed by atoms with E-state index in [0.29, 0.717) is 0 Å². The molecule has 0 N–H and O–H groups in total. The van der Waals surface area contributed by atoms with Gasteiger partial charge >= 0.3 is 45.5 Å². The average Bonchev–Trinajstić information content (AvgIpc) is 3.19. The molecule has 0 spiro atoms. The first-order valence-corrected chi connectivity index (χ1v) is 15.1. The Labute approximate surface area is 339 Å². The van der Waals surface area contributed by atoms with Gasteiger partial charge < -0.3 is 0 Å². The van der Waals surface area contributed by atoms with Crippen LogP contribution in [0.3, 0.4) is 0 Å². The van der Waals surface area contributed by atoms with E-state index in [9.17, 15) is 121 Å². The van der Waals surface area contributed by atoms with Crippen molar-refractivity contribution in [3.05, 3.63) is 158 Å². The molecule has 0 radical (unpaired) electrons. The van der Waals surface area contributed by atoms with E-state index < -0.39 is 161 Å². The average molecular weight is 902 g/mol. The summed E-state index contributed by atoms with van der Waals surface area (Å²) in [5.41, 5.74) is -34.0. The van der Waals surface area contributed by atoms with Crippen molar-refractivity contribution in [1.82, 2.24) is 0 Å². The van der Waals surface area contributed by atoms with Crippen molar-refractivity contribution in [3.8, 4) is 11.1 Å². The van der Waals surface area contributed by atoms with Crippen LogP contribution in [-0.4, -0.2) is 59.1 Å². The molecule has 0 fully saturated rings. The number of rotatable bonds is 17. The van der Waals surface area contributed by atoms with Crippen molar-refractivity contribution in [2.75, 3.05) is 0 Å². The van der Waals surface area contributed by atoms with E-state index >= 15 is 0 Å². The summed E-state index contributed by atoms with van der Waals surface area (Å²) < 4.78 is 0. The zero-order valence-electron chi connectivity index (χ0n) is 29.4. The molecule has 0 aromatic heterocycles. The minimum atomic E-state index is -2.35. The van der Waals surface area contributed by atoms with Crippen LogP contribution >= 0.6 is 0 Å². The third-order valence-electron chi connectivity index (χ3n) is 7.69. The van der Waals surface area contributed by atoms with Crippen LogP contribution in [0.4, 0.5) is 91.0 Å². The van der Waals surface area contributed by atoms with Gasteiger partial charge in [0, 0.05) is 0 Å². The van der Waals surface area contributed by atoms with Crippen LogP contribution in [0.5, 0.6) is 0 Å². The summed E-state index contributed by atoms with van der Waals surface area (Å²) in [6, 6.07) is -0.629. The maximum absolute atomic E-state index is 12.8. The number of hydrogen-bond acceptors (Lipinski definition) is 28. The van der Waals surface area contributed by atoms with Crippen LogP contribution in [0.1, 0.15) is 0 Å². The third-order valence-corrected chi connectivity index (χ3v) is 7.69. The first kappa shape index (κ1) is 45.6. The number of non-ortho nitro benzene ring substituents is 2. The Morgan fingerprint density at radius 2 is 0.453 bits per heavy atom. The molecule has 4 aromatic carbocycles. The van der Waals surface area contributed by atoms with Gasteiger partial charge in [-0.05, 0) is 0 Å². The predicted octanol–water partition coefficient (Wildman–Crippen LogP) is 7.08. The first-order valence-electron chi connectivity index (χ1n) is 15.1. The zero-order valence-corrected chi connectivity index (χ0v) is 29.4. The lowest BCUT2D eigenvalue weighted by atomic mass is 9.94. The fourth-order valence-corrected chi connectivity index (χ4v) is 5.23. The summed E-state index contributed by atoms with van der Waals surface area (Å²) in [6.45, 7) is 0. The first-order chi connectivity index (χ1) is 29.7. The highest BCUT2D eigenvalue weighted by molar-refractivity contribution is 6.02. The molecule has 40 nitrogen and oxygen atoms in total. The topological polar surface area (TPSA) is 567 Å². The maximum atomic E-state index is 12.8. The molecule has 64 heavy (non-hydrogen) atoms. The molecule has 40 heteroatoms. The van der Waals surface area contributed by atoms with Crippen LogP contribution in [0.15, 0.2) is 56.9 Å². The Morgan fingerprint density at radius 3 is 0.641 bits per heavy atom. The van der Waals surface area contributed by atoms with Gasteiger partial charge in [0.25, 0.3) is 22.7 Å². The third kappa shape index (κ3) is 8.38. The van der Waals surface area contributed by atoms with Crippen molar-refractivity contribution in [2.24, 2.45) is 20.5 Å². The highest BCUT2D eigenvalue weighted by Gasteiger charge is 2.48. The van der Waals surface area contributed by atoms with Crippen molar-refractivity contribution >= 4 is 91.0 Å². The summed E-state index contributed by atoms with van der Waals surface area (Å²) in [4.78, 5) is 124. The lowest BCUT2D eigenvalue weighted by Gasteiger charge is -2.10. The highest BCUT2D eigenvalue weighted by Crippen LogP contribution is 2.58. The molecule has 0 aliphatic rings. The van der Waals surface area contributed by atoms with E-state index in [4.69, 9.17) is 0 Å². The maximum Gasteiger partial charge on any atom is 0.319 e. The smallest absolute Gasteiger partial charge is 0.258 e. The molecule has 0 atom stereocenters. The van der Waals surface area contributed by atoms with Gasteiger partial charge in [-0.15, -0.1) is 20.5 Å². The highest BCUT2D eigenvalue weighted by atomic mass is 16.7. The summed E-state index contributed by atoms with van der Waals surface area (Å²) in [5, 5.41) is 156. The molecule has 0 unspecified atom stereocenters. The molecule has 4 rings (SSSR count). The van der Waals surface area contributed by atoms with Gasteiger partial charge in [-0.1, -0.05) is 0 Å². The van der Waals surface area contributed by atoms with Gasteiger partial charge in [0.15, 0.2) is 11.1 Å². The van der Waals surface area contributed by atoms with Crippen molar-refractivity contribution in [3.63, 3.8) is 0 Å². The molecule has 0 heterocycles. The van der Waals surface area contributed by atoms with Crippen molar-refractivity contribution in [1.29, 1.82) is 0 Å². The number of nitro benzene ring substituents is 12. The van der Waals surface area contributed by atoms with E-state index in [-0.39, 0.29) is 36.4 Å². The molecule has 0 aliphatic carbocycles. The summed E-state index contributed by atoms with van der Waals surface area (Å²) in [5.74, 6) is 0. The van der Waals surface area contributed by atoms with E-state index in [1.54, 1.807) is 0 Å². The quantitative estimate of drug-likeness (QED) is 0.0579. The molecule has 326 valence electrons. The van der Waals surface area contributed by atoms with E-state index in [2.05, 4.69) is 20.5 Å². The zero-order chi connectivity index (χ0) is 48.4. The standard InChI is InChI=1S/C24H6N16O24/c41-29(42)7-1-11(33(49)50)19(12(2-7)34(51)52)25-27-21-15(37(57)58)5-9(31(45)46)17(23(21)39(61)62)18-10(32(47)48)6-16(38(59)60)22(24(18)40(63)64)28-26-20-13(35(53)54)3-8(30(43)44)4-14(20)36(55)56/h1-6H. The number of hydrogen-bond donors (Lipinski definition) is 0. The number of benzene rings is 4. The second-order valence-corrected chi connectivity index (χ2v) is 11.1. The minimum absolute atomic E-state index is 0.0189. The molecule has 0 saturated carbocycles. The van der Waals surface area contributed by atoms with Gasteiger partial charge in [0.05, 0.1) is 95.5 Å². The Kier molecular flexibility index (Phi) is 12.1. The Hall–Kier alpha value is -11.1. The monoisotopic (exact) mass is 902 g/mol. The number of nitrogens with zero attached hydrogens (tertiary/aromatic N) is 16. The van der Waals surface area contributed by atoms with Crippen molar-refractivity contribution in [2.45, 2.75) is 0 Å². The van der Waals surface area contributed by atoms with Crippen LogP contribution in [0.25, 0.3) is 11.1 Å². The van der Waals surface area contributed by atoms with Crippen molar-refractivity contribution < 1.29 is 59.1 Å². The molecule has 0 bridgehead atoms. The summed E-state index contributed by atoms with van der Waals surface area (Å²) in [6.07, 6.45) is 0. The van der Waals surface area contributed by atoms with Crippen LogP contribution < -0.4 is 0 Å². The molecule has 0 aliphatic heterocycles. The number of nitro groups is 12. The van der Waals surface area contributed by atoms with Crippen LogP contribution in [-0.2, 0) is 0 Å². The van der Waals surface area contributed by atoms with E-state index in [0.717, 1.165) is 0 Å². The summed E-state index contributed by atoms with van der Waals surface area (Å²) >= 11 is 0. The normalized spacial score (nSPS) is 10.9. The van der Waals surface area contributed by atoms with Gasteiger partial charge in [-0.2, -0.15) is 0 Å². The molecule has 0 amide bonds. The van der Waals surface area contributed by atoms with Gasteiger partial charge in [0.1, 0.15) is 0 Å². The van der Waals surface area contributed by atoms with Gasteiger partial charge in [-0.3, -0.25) is 121 Å². The Balaban J connectivity index is 2.36. The molecular formula is C24H6N16O24. The Morgan fingerprint density at radius 1 is 0.250 bits per heavy atom. The second kappa shape index (κ2) is 17.0. The van der Waals surface area contributed by atoms with Gasteiger partial charge in [-0.25, -0.2) is 0 Å². The predicted molar refractivity (Wildman–Crippen MR) is 193 cm³/mol. The van der Waals surface area contributed by atoms with E-state index in [1.807, 2.05) is 0 Å². The second-order valence-electron chi connectivity index (χ2n) is 11.1. The molecule has 4 aromatic rings.